The van der Waals surface area contributed by atoms with Crippen molar-refractivity contribution in [2.45, 2.75) is 116 Å². The third-order valence-corrected chi connectivity index (χ3v) is 7.75. The molecule has 3 heterocycles. The second kappa shape index (κ2) is 8.67. The first-order chi connectivity index (χ1) is 14.7. The Hall–Kier alpha value is -1.72. The minimum absolute atomic E-state index is 0.114. The molecule has 5 heteroatoms. The lowest BCUT2D eigenvalue weighted by Gasteiger charge is -2.49. The van der Waals surface area contributed by atoms with Crippen molar-refractivity contribution in [1.82, 2.24) is 19.7 Å². The Labute approximate surface area is 188 Å². The third kappa shape index (κ3) is 4.45. The first kappa shape index (κ1) is 22.5. The van der Waals surface area contributed by atoms with Crippen LogP contribution >= 0.6 is 0 Å². The highest BCUT2D eigenvalue weighted by molar-refractivity contribution is 5.24. The summed E-state index contributed by atoms with van der Waals surface area (Å²) in [5.74, 6) is 2.64. The van der Waals surface area contributed by atoms with Crippen molar-refractivity contribution in [2.24, 2.45) is 5.73 Å². The van der Waals surface area contributed by atoms with Crippen LogP contribution in [0.5, 0.6) is 0 Å². The molecule has 2 N–H and O–H groups in total. The van der Waals surface area contributed by atoms with E-state index < -0.39 is 0 Å². The van der Waals surface area contributed by atoms with Gasteiger partial charge in [-0.05, 0) is 71.8 Å². The van der Waals surface area contributed by atoms with Gasteiger partial charge in [-0.2, -0.15) is 0 Å². The minimum atomic E-state index is 0.114. The van der Waals surface area contributed by atoms with Crippen LogP contribution in [0.2, 0.25) is 0 Å². The van der Waals surface area contributed by atoms with Gasteiger partial charge in [0.05, 0.1) is 0 Å². The van der Waals surface area contributed by atoms with E-state index in [1.807, 2.05) is 0 Å². The first-order valence-electron chi connectivity index (χ1n) is 12.2. The Bertz CT molecular complexity index is 868. The molecule has 2 aliphatic rings. The van der Waals surface area contributed by atoms with Crippen LogP contribution in [0.1, 0.15) is 107 Å². The lowest BCUT2D eigenvalue weighted by Crippen LogP contribution is -2.54. The summed E-state index contributed by atoms with van der Waals surface area (Å²) in [5, 5.41) is 8.92. The molecule has 2 unspecified atom stereocenters. The molecule has 5 nitrogen and oxygen atoms in total. The number of aromatic nitrogens is 3. The fourth-order valence-electron chi connectivity index (χ4n) is 6.20. The van der Waals surface area contributed by atoms with Gasteiger partial charge < -0.3 is 10.3 Å². The van der Waals surface area contributed by atoms with E-state index in [9.17, 15) is 0 Å². The van der Waals surface area contributed by atoms with Crippen LogP contribution in [0.15, 0.2) is 24.3 Å². The molecule has 2 saturated heterocycles. The summed E-state index contributed by atoms with van der Waals surface area (Å²) in [6.45, 7) is 13.6. The number of hydrogen-bond acceptors (Lipinski definition) is 4. The number of piperidine rings is 1. The SMILES string of the molecule is Cc1ccc([C@@H](N)CCC(C)(C)N2C3CCC2CC(n2c(C)nnc2C(C)C)C3)cc1. The minimum Gasteiger partial charge on any atom is -0.324 e. The van der Waals surface area contributed by atoms with Gasteiger partial charge in [0.15, 0.2) is 0 Å². The average molecular weight is 424 g/mol. The zero-order valence-corrected chi connectivity index (χ0v) is 20.3. The smallest absolute Gasteiger partial charge is 0.135 e. The Morgan fingerprint density at radius 3 is 2.19 bits per heavy atom. The number of nitrogens with two attached hydrogens (primary N) is 1. The quantitative estimate of drug-likeness (QED) is 0.644. The van der Waals surface area contributed by atoms with Crippen LogP contribution in [0, 0.1) is 13.8 Å². The molecule has 1 aromatic heterocycles. The van der Waals surface area contributed by atoms with E-state index in [1.165, 1.54) is 36.8 Å². The van der Waals surface area contributed by atoms with Crippen LogP contribution in [0.25, 0.3) is 0 Å². The van der Waals surface area contributed by atoms with Crippen molar-refractivity contribution in [2.75, 3.05) is 0 Å². The van der Waals surface area contributed by atoms with Crippen molar-refractivity contribution < 1.29 is 0 Å². The topological polar surface area (TPSA) is 60.0 Å². The van der Waals surface area contributed by atoms with E-state index in [0.717, 1.165) is 24.5 Å². The van der Waals surface area contributed by atoms with E-state index in [4.69, 9.17) is 5.73 Å². The first-order valence-corrected chi connectivity index (χ1v) is 12.2. The van der Waals surface area contributed by atoms with Crippen molar-refractivity contribution in [3.63, 3.8) is 0 Å². The van der Waals surface area contributed by atoms with Crippen molar-refractivity contribution >= 4 is 0 Å². The number of hydrogen-bond donors (Lipinski definition) is 1. The van der Waals surface area contributed by atoms with Gasteiger partial charge in [-0.15, -0.1) is 10.2 Å². The zero-order chi connectivity index (χ0) is 22.3. The van der Waals surface area contributed by atoms with Gasteiger partial charge in [0.1, 0.15) is 11.6 Å². The molecule has 2 fully saturated rings. The van der Waals surface area contributed by atoms with E-state index >= 15 is 0 Å². The highest BCUT2D eigenvalue weighted by atomic mass is 15.3. The molecule has 0 spiro atoms. The fraction of sp³-hybridized carbons (Fsp3) is 0.692. The van der Waals surface area contributed by atoms with Gasteiger partial charge >= 0.3 is 0 Å². The van der Waals surface area contributed by atoms with Crippen LogP contribution in [0.4, 0.5) is 0 Å². The standard InChI is InChI=1S/C26H41N5/c1-17(2)25-29-28-19(4)30(25)23-15-21-11-12-22(16-23)31(21)26(5,6)14-13-24(27)20-9-7-18(3)8-10-20/h7-10,17,21-24H,11-16,27H2,1-6H3/t21?,22?,23?,24-/m0/s1. The Morgan fingerprint density at radius 2 is 1.61 bits per heavy atom. The fourth-order valence-corrected chi connectivity index (χ4v) is 6.20. The van der Waals surface area contributed by atoms with Gasteiger partial charge in [0, 0.05) is 35.6 Å². The molecule has 0 aliphatic carbocycles. The third-order valence-electron chi connectivity index (χ3n) is 7.75. The van der Waals surface area contributed by atoms with Crippen molar-refractivity contribution in [1.29, 1.82) is 0 Å². The molecule has 170 valence electrons. The molecule has 0 radical (unpaired) electrons. The number of benzene rings is 1. The van der Waals surface area contributed by atoms with Gasteiger partial charge in [-0.3, -0.25) is 4.90 Å². The number of aryl methyl sites for hydroxylation is 2. The molecule has 1 aromatic carbocycles. The van der Waals surface area contributed by atoms with E-state index in [2.05, 4.69) is 85.5 Å². The largest absolute Gasteiger partial charge is 0.324 e. The summed E-state index contributed by atoms with van der Waals surface area (Å²) in [5.41, 5.74) is 9.30. The summed E-state index contributed by atoms with van der Waals surface area (Å²) in [7, 11) is 0. The Balaban J connectivity index is 1.44. The summed E-state index contributed by atoms with van der Waals surface area (Å²) in [6, 6.07) is 10.7. The summed E-state index contributed by atoms with van der Waals surface area (Å²) >= 11 is 0. The highest BCUT2D eigenvalue weighted by Gasteiger charge is 2.47. The molecular weight excluding hydrogens is 382 g/mol. The normalized spacial score (nSPS) is 25.4. The lowest BCUT2D eigenvalue weighted by atomic mass is 9.86. The van der Waals surface area contributed by atoms with Crippen molar-refractivity contribution in [3.05, 3.63) is 47.0 Å². The number of nitrogens with zero attached hydrogens (tertiary/aromatic N) is 4. The number of rotatable bonds is 7. The zero-order valence-electron chi connectivity index (χ0n) is 20.3. The second-order valence-corrected chi connectivity index (χ2v) is 10.9. The van der Waals surface area contributed by atoms with Crippen LogP contribution < -0.4 is 5.73 Å². The predicted octanol–water partition coefficient (Wildman–Crippen LogP) is 5.45. The highest BCUT2D eigenvalue weighted by Crippen LogP contribution is 2.46. The molecule has 0 amide bonds. The molecule has 4 rings (SSSR count). The average Bonchev–Trinajstić information content (AvgIpc) is 3.24. The second-order valence-electron chi connectivity index (χ2n) is 10.9. The maximum absolute atomic E-state index is 6.58. The van der Waals surface area contributed by atoms with Gasteiger partial charge in [-0.1, -0.05) is 43.7 Å². The van der Waals surface area contributed by atoms with Gasteiger partial charge in [0.2, 0.25) is 0 Å². The monoisotopic (exact) mass is 423 g/mol. The molecule has 3 atom stereocenters. The predicted molar refractivity (Wildman–Crippen MR) is 127 cm³/mol. The summed E-state index contributed by atoms with van der Waals surface area (Å²) < 4.78 is 2.45. The van der Waals surface area contributed by atoms with E-state index in [1.54, 1.807) is 0 Å². The molecular formula is C26H41N5. The van der Waals surface area contributed by atoms with E-state index in [-0.39, 0.29) is 11.6 Å². The van der Waals surface area contributed by atoms with E-state index in [0.29, 0.717) is 24.0 Å². The number of fused-ring (bicyclic) bond motifs is 2. The van der Waals surface area contributed by atoms with Crippen LogP contribution in [-0.2, 0) is 0 Å². The van der Waals surface area contributed by atoms with Crippen LogP contribution in [0.3, 0.4) is 0 Å². The molecule has 0 saturated carbocycles. The van der Waals surface area contributed by atoms with Crippen molar-refractivity contribution in [3.8, 4) is 0 Å². The summed E-state index contributed by atoms with van der Waals surface area (Å²) in [4.78, 5) is 2.85. The summed E-state index contributed by atoms with van der Waals surface area (Å²) in [6.07, 6.45) is 7.20. The van der Waals surface area contributed by atoms with Gasteiger partial charge in [-0.25, -0.2) is 0 Å². The molecule has 2 aromatic rings. The lowest BCUT2D eigenvalue weighted by molar-refractivity contribution is 0.00707. The Kier molecular flexibility index (Phi) is 6.28. The molecule has 2 aliphatic heterocycles. The maximum atomic E-state index is 6.58. The Morgan fingerprint density at radius 1 is 1.00 bits per heavy atom. The van der Waals surface area contributed by atoms with Crippen LogP contribution in [-0.4, -0.2) is 37.3 Å². The molecule has 2 bridgehead atoms. The molecule has 31 heavy (non-hydrogen) atoms. The maximum Gasteiger partial charge on any atom is 0.135 e. The van der Waals surface area contributed by atoms with Gasteiger partial charge in [0.25, 0.3) is 0 Å².